The molecule has 4 nitrogen and oxygen atoms in total. The number of phenolic OH excluding ortho intramolecular Hbond substituents is 1. The summed E-state index contributed by atoms with van der Waals surface area (Å²) < 4.78 is 5.35. The molecular weight excluding hydrogens is 302 g/mol. The van der Waals surface area contributed by atoms with Crippen LogP contribution >= 0.6 is 0 Å². The lowest BCUT2D eigenvalue weighted by atomic mass is 9.52. The van der Waals surface area contributed by atoms with Crippen LogP contribution in [0.4, 0.5) is 0 Å². The number of hydrogen-bond acceptors (Lipinski definition) is 4. The third kappa shape index (κ3) is 2.05. The van der Waals surface area contributed by atoms with E-state index in [0.29, 0.717) is 36.3 Å². The molecular formula is C20H25NO3. The Kier molecular flexibility index (Phi) is 3.68. The van der Waals surface area contributed by atoms with Crippen LogP contribution in [0.3, 0.4) is 0 Å². The zero-order valence-electron chi connectivity index (χ0n) is 14.3. The molecule has 2 fully saturated rings. The van der Waals surface area contributed by atoms with E-state index in [4.69, 9.17) is 4.74 Å². The van der Waals surface area contributed by atoms with Gasteiger partial charge in [-0.25, -0.2) is 0 Å². The number of rotatable bonds is 3. The van der Waals surface area contributed by atoms with Crippen LogP contribution in [0.1, 0.15) is 36.8 Å². The molecule has 2 aliphatic carbocycles. The minimum absolute atomic E-state index is 0.218. The van der Waals surface area contributed by atoms with Gasteiger partial charge >= 0.3 is 0 Å². The Hall–Kier alpha value is -1.81. The van der Waals surface area contributed by atoms with E-state index in [0.717, 1.165) is 37.9 Å². The first-order valence-corrected chi connectivity index (χ1v) is 8.86. The predicted molar refractivity (Wildman–Crippen MR) is 92.6 cm³/mol. The van der Waals surface area contributed by atoms with Gasteiger partial charge in [-0.15, -0.1) is 6.58 Å². The molecule has 1 saturated carbocycles. The number of phenols is 1. The molecule has 4 rings (SSSR count). The van der Waals surface area contributed by atoms with Gasteiger partial charge in [0, 0.05) is 36.4 Å². The standard InChI is InChI=1S/C20H25NO3/c1-3-9-21-10-8-20-12-14(22)5-6-15(20)16(21)11-13-4-7-17(24-2)19(23)18(13)20/h3-4,7,15-16,23H,1,5-6,8-12H2,2H3/t15-,16+,20-/m1/s1. The number of piperidine rings is 1. The normalized spacial score (nSPS) is 32.0. The van der Waals surface area contributed by atoms with E-state index in [9.17, 15) is 9.90 Å². The van der Waals surface area contributed by atoms with Crippen LogP contribution in [0.2, 0.25) is 0 Å². The van der Waals surface area contributed by atoms with E-state index in [2.05, 4.69) is 17.5 Å². The number of aromatic hydroxyl groups is 1. The highest BCUT2D eigenvalue weighted by Crippen LogP contribution is 2.58. The van der Waals surface area contributed by atoms with Crippen molar-refractivity contribution in [2.75, 3.05) is 20.2 Å². The van der Waals surface area contributed by atoms with Crippen molar-refractivity contribution < 1.29 is 14.6 Å². The van der Waals surface area contributed by atoms with Gasteiger partial charge in [-0.3, -0.25) is 9.69 Å². The minimum Gasteiger partial charge on any atom is -0.504 e. The zero-order valence-corrected chi connectivity index (χ0v) is 14.3. The van der Waals surface area contributed by atoms with Gasteiger partial charge in [0.15, 0.2) is 11.5 Å². The van der Waals surface area contributed by atoms with Crippen LogP contribution in [0, 0.1) is 5.92 Å². The summed E-state index contributed by atoms with van der Waals surface area (Å²) in [6, 6.07) is 4.36. The molecule has 0 radical (unpaired) electrons. The van der Waals surface area contributed by atoms with Gasteiger partial charge in [-0.1, -0.05) is 12.1 Å². The number of carbonyl (C=O) groups excluding carboxylic acids is 1. The summed E-state index contributed by atoms with van der Waals surface area (Å²) in [7, 11) is 1.58. The molecule has 24 heavy (non-hydrogen) atoms. The van der Waals surface area contributed by atoms with Crippen LogP contribution in [0.5, 0.6) is 11.5 Å². The van der Waals surface area contributed by atoms with Crippen molar-refractivity contribution >= 4 is 5.78 Å². The fraction of sp³-hybridized carbons (Fsp3) is 0.550. The highest BCUT2D eigenvalue weighted by Gasteiger charge is 2.56. The van der Waals surface area contributed by atoms with Crippen molar-refractivity contribution in [3.8, 4) is 11.5 Å². The molecule has 0 unspecified atom stereocenters. The van der Waals surface area contributed by atoms with Crippen molar-refractivity contribution in [3.63, 3.8) is 0 Å². The number of likely N-dealkylation sites (tertiary alicyclic amines) is 1. The molecule has 1 aliphatic heterocycles. The minimum atomic E-state index is -0.218. The quantitative estimate of drug-likeness (QED) is 0.868. The first-order valence-electron chi connectivity index (χ1n) is 8.86. The lowest BCUT2D eigenvalue weighted by Crippen LogP contribution is -2.61. The maximum absolute atomic E-state index is 12.4. The van der Waals surface area contributed by atoms with Gasteiger partial charge in [-0.2, -0.15) is 0 Å². The van der Waals surface area contributed by atoms with E-state index < -0.39 is 0 Å². The number of carbonyl (C=O) groups is 1. The highest BCUT2D eigenvalue weighted by atomic mass is 16.5. The Labute approximate surface area is 143 Å². The Bertz CT molecular complexity index is 698. The van der Waals surface area contributed by atoms with Crippen molar-refractivity contribution in [3.05, 3.63) is 35.9 Å². The first kappa shape index (κ1) is 15.7. The van der Waals surface area contributed by atoms with E-state index in [1.165, 1.54) is 5.56 Å². The van der Waals surface area contributed by atoms with E-state index >= 15 is 0 Å². The second-order valence-electron chi connectivity index (χ2n) is 7.47. The molecule has 3 aliphatic rings. The summed E-state index contributed by atoms with van der Waals surface area (Å²) in [5, 5.41) is 10.9. The SMILES string of the molecule is C=CCN1CC[C@@]23CC(=O)CC[C@@H]2[C@@H]1Cc1ccc(OC)c(O)c13. The second kappa shape index (κ2) is 5.62. The van der Waals surface area contributed by atoms with Gasteiger partial charge in [0.25, 0.3) is 0 Å². The van der Waals surface area contributed by atoms with Gasteiger partial charge in [0.1, 0.15) is 5.78 Å². The number of hydrogen-bond donors (Lipinski definition) is 1. The molecule has 0 spiro atoms. The molecule has 0 amide bonds. The maximum atomic E-state index is 12.4. The van der Waals surface area contributed by atoms with E-state index in [-0.39, 0.29) is 11.2 Å². The largest absolute Gasteiger partial charge is 0.504 e. The lowest BCUT2D eigenvalue weighted by molar-refractivity contribution is -0.127. The van der Waals surface area contributed by atoms with E-state index in [1.54, 1.807) is 7.11 Å². The number of nitrogens with zero attached hydrogens (tertiary/aromatic N) is 1. The maximum Gasteiger partial charge on any atom is 0.161 e. The summed E-state index contributed by atoms with van der Waals surface area (Å²) >= 11 is 0. The van der Waals surface area contributed by atoms with Crippen molar-refractivity contribution in [2.24, 2.45) is 5.92 Å². The molecule has 1 aromatic rings. The van der Waals surface area contributed by atoms with Crippen molar-refractivity contribution in [1.82, 2.24) is 4.90 Å². The third-order valence-corrected chi connectivity index (χ3v) is 6.47. The summed E-state index contributed by atoms with van der Waals surface area (Å²) in [6.07, 6.45) is 5.98. The molecule has 128 valence electrons. The molecule has 2 bridgehead atoms. The molecule has 4 heteroatoms. The number of fused-ring (bicyclic) bond motifs is 1. The summed E-state index contributed by atoms with van der Waals surface area (Å²) in [5.41, 5.74) is 1.96. The monoisotopic (exact) mass is 327 g/mol. The van der Waals surface area contributed by atoms with Crippen molar-refractivity contribution in [2.45, 2.75) is 43.6 Å². The number of methoxy groups -OCH3 is 1. The fourth-order valence-electron chi connectivity index (χ4n) is 5.55. The Morgan fingerprint density at radius 2 is 2.33 bits per heavy atom. The second-order valence-corrected chi connectivity index (χ2v) is 7.47. The van der Waals surface area contributed by atoms with E-state index in [1.807, 2.05) is 12.1 Å². The van der Waals surface area contributed by atoms with Crippen LogP contribution in [0.25, 0.3) is 0 Å². The summed E-state index contributed by atoms with van der Waals surface area (Å²) in [6.45, 7) is 5.75. The first-order chi connectivity index (χ1) is 11.6. The molecule has 0 aromatic heterocycles. The zero-order chi connectivity index (χ0) is 16.9. The van der Waals surface area contributed by atoms with Crippen LogP contribution in [-0.4, -0.2) is 42.0 Å². The predicted octanol–water partition coefficient (Wildman–Crippen LogP) is 2.82. The van der Waals surface area contributed by atoms with Crippen LogP contribution in [0.15, 0.2) is 24.8 Å². The third-order valence-electron chi connectivity index (χ3n) is 6.47. The average Bonchev–Trinajstić information content (AvgIpc) is 2.57. The lowest BCUT2D eigenvalue weighted by Gasteiger charge is -2.58. The molecule has 1 N–H and O–H groups in total. The fourth-order valence-corrected chi connectivity index (χ4v) is 5.55. The topological polar surface area (TPSA) is 49.8 Å². The molecule has 1 heterocycles. The van der Waals surface area contributed by atoms with Gasteiger partial charge in [0.05, 0.1) is 7.11 Å². The number of ether oxygens (including phenoxy) is 1. The average molecular weight is 327 g/mol. The molecule has 1 aromatic carbocycles. The van der Waals surface area contributed by atoms with Crippen molar-refractivity contribution in [1.29, 1.82) is 0 Å². The van der Waals surface area contributed by atoms with Crippen LogP contribution < -0.4 is 4.74 Å². The highest BCUT2D eigenvalue weighted by molar-refractivity contribution is 5.82. The smallest absolute Gasteiger partial charge is 0.161 e. The Morgan fingerprint density at radius 3 is 3.08 bits per heavy atom. The number of ketones is 1. The summed E-state index contributed by atoms with van der Waals surface area (Å²) in [5.74, 6) is 1.53. The van der Waals surface area contributed by atoms with Gasteiger partial charge in [0.2, 0.25) is 0 Å². The number of benzene rings is 1. The Balaban J connectivity index is 1.89. The summed E-state index contributed by atoms with van der Waals surface area (Å²) in [4.78, 5) is 14.9. The molecule has 1 saturated heterocycles. The number of Topliss-reactive ketones (excluding diaryl/α,β-unsaturated/α-hetero) is 1. The Morgan fingerprint density at radius 1 is 1.50 bits per heavy atom. The van der Waals surface area contributed by atoms with Gasteiger partial charge in [-0.05, 0) is 43.4 Å². The van der Waals surface area contributed by atoms with Crippen LogP contribution in [-0.2, 0) is 16.6 Å². The molecule has 3 atom stereocenters. The van der Waals surface area contributed by atoms with Gasteiger partial charge < -0.3 is 9.84 Å².